The molecule has 0 saturated carbocycles. The molecule has 0 radical (unpaired) electrons. The first kappa shape index (κ1) is 16.2. The Morgan fingerprint density at radius 1 is 1.04 bits per heavy atom. The van der Waals surface area contributed by atoms with Crippen molar-refractivity contribution < 1.29 is 4.39 Å². The Morgan fingerprint density at radius 2 is 1.89 bits per heavy atom. The lowest BCUT2D eigenvalue weighted by molar-refractivity contribution is 0.628. The molecule has 8 heteroatoms. The van der Waals surface area contributed by atoms with Gasteiger partial charge in [-0.25, -0.2) is 19.2 Å². The first-order valence-electron chi connectivity index (χ1n) is 8.69. The Balaban J connectivity index is 1.73. The molecule has 0 aliphatic heterocycles. The van der Waals surface area contributed by atoms with Gasteiger partial charge in [0.05, 0.1) is 30.0 Å². The van der Waals surface area contributed by atoms with Gasteiger partial charge in [0.2, 0.25) is 0 Å². The molecule has 0 saturated heterocycles. The average Bonchev–Trinajstić information content (AvgIpc) is 3.42. The molecular formula is C20H15FN6O. The molecule has 4 aromatic heterocycles. The quantitative estimate of drug-likeness (QED) is 0.450. The van der Waals surface area contributed by atoms with Gasteiger partial charge in [-0.2, -0.15) is 0 Å². The molecule has 0 aliphatic carbocycles. The number of rotatable bonds is 4. The van der Waals surface area contributed by atoms with Crippen LogP contribution >= 0.6 is 0 Å². The molecule has 4 heterocycles. The van der Waals surface area contributed by atoms with Gasteiger partial charge in [0.15, 0.2) is 0 Å². The molecule has 0 spiro atoms. The molecule has 3 N–H and O–H groups in total. The van der Waals surface area contributed by atoms with E-state index in [1.165, 1.54) is 12.1 Å². The third kappa shape index (κ3) is 2.71. The molecule has 0 atom stereocenters. The topological polar surface area (TPSA) is 95.2 Å². The summed E-state index contributed by atoms with van der Waals surface area (Å²) in [6.45, 7) is 0.427. The van der Waals surface area contributed by atoms with Crippen molar-refractivity contribution in [3.05, 3.63) is 83.3 Å². The van der Waals surface area contributed by atoms with E-state index in [1.807, 2.05) is 22.9 Å². The smallest absolute Gasteiger partial charge is 0.323 e. The van der Waals surface area contributed by atoms with Crippen molar-refractivity contribution in [3.8, 4) is 22.5 Å². The van der Waals surface area contributed by atoms with Crippen LogP contribution in [0.5, 0.6) is 0 Å². The van der Waals surface area contributed by atoms with Crippen LogP contribution in [0, 0.1) is 5.82 Å². The maximum Gasteiger partial charge on any atom is 0.323 e. The van der Waals surface area contributed by atoms with Crippen LogP contribution in [-0.2, 0) is 6.54 Å². The summed E-state index contributed by atoms with van der Waals surface area (Å²) in [5.74, 6) is -0.299. The SMILES string of the molecule is O=c1[nH]cc(Cn2cnc(-c3ccc(F)cc3)c2-c2ccnc3[nH]ccc23)[nH]1. The maximum absolute atomic E-state index is 13.4. The number of halogens is 1. The summed E-state index contributed by atoms with van der Waals surface area (Å²) >= 11 is 0. The number of hydrogen-bond acceptors (Lipinski definition) is 3. The van der Waals surface area contributed by atoms with Gasteiger partial charge in [-0.05, 0) is 36.4 Å². The van der Waals surface area contributed by atoms with E-state index >= 15 is 0 Å². The average molecular weight is 374 g/mol. The Kier molecular flexibility index (Phi) is 3.68. The summed E-state index contributed by atoms with van der Waals surface area (Å²) in [7, 11) is 0. The van der Waals surface area contributed by atoms with Crippen LogP contribution in [0.25, 0.3) is 33.5 Å². The number of benzene rings is 1. The summed E-state index contributed by atoms with van der Waals surface area (Å²) in [5, 5.41) is 0.954. The van der Waals surface area contributed by atoms with Crippen LogP contribution in [0.1, 0.15) is 5.69 Å². The summed E-state index contributed by atoms with van der Waals surface area (Å²) in [6.07, 6.45) is 6.93. The van der Waals surface area contributed by atoms with Crippen LogP contribution in [0.3, 0.4) is 0 Å². The fraction of sp³-hybridized carbons (Fsp3) is 0.0500. The lowest BCUT2D eigenvalue weighted by Gasteiger charge is -2.11. The summed E-state index contributed by atoms with van der Waals surface area (Å²) in [4.78, 5) is 28.9. The Labute approximate surface area is 157 Å². The highest BCUT2D eigenvalue weighted by Crippen LogP contribution is 2.35. The zero-order valence-electron chi connectivity index (χ0n) is 14.6. The minimum Gasteiger partial charge on any atom is -0.346 e. The van der Waals surface area contributed by atoms with Gasteiger partial charge in [-0.1, -0.05) is 0 Å². The molecule has 7 nitrogen and oxygen atoms in total. The van der Waals surface area contributed by atoms with Crippen LogP contribution in [0.2, 0.25) is 0 Å². The molecule has 5 aromatic rings. The minimum atomic E-state index is -0.299. The molecule has 0 unspecified atom stereocenters. The number of fused-ring (bicyclic) bond motifs is 1. The predicted octanol–water partition coefficient (Wildman–Crippen LogP) is 3.30. The van der Waals surface area contributed by atoms with E-state index in [2.05, 4.69) is 24.9 Å². The van der Waals surface area contributed by atoms with Crippen LogP contribution in [-0.4, -0.2) is 29.5 Å². The van der Waals surface area contributed by atoms with Gasteiger partial charge in [0.25, 0.3) is 0 Å². The fourth-order valence-corrected chi connectivity index (χ4v) is 3.41. The van der Waals surface area contributed by atoms with E-state index in [4.69, 9.17) is 0 Å². The third-order valence-corrected chi connectivity index (χ3v) is 4.66. The molecule has 28 heavy (non-hydrogen) atoms. The van der Waals surface area contributed by atoms with Crippen LogP contribution < -0.4 is 5.69 Å². The second kappa shape index (κ2) is 6.34. The fourth-order valence-electron chi connectivity index (χ4n) is 3.41. The second-order valence-electron chi connectivity index (χ2n) is 6.44. The molecule has 0 amide bonds. The standard InChI is InChI=1S/C20H15FN6O/c21-13-3-1-12(2-4-13)17-18(15-5-7-22-19-16(15)6-8-23-19)27(11-25-17)10-14-9-24-20(28)26-14/h1-9,11H,10H2,(H,22,23)(H2,24,26,28). The Bertz CT molecular complexity index is 1320. The van der Waals surface area contributed by atoms with Crippen LogP contribution in [0.4, 0.5) is 4.39 Å². The second-order valence-corrected chi connectivity index (χ2v) is 6.44. The third-order valence-electron chi connectivity index (χ3n) is 4.66. The first-order valence-corrected chi connectivity index (χ1v) is 8.69. The van der Waals surface area contributed by atoms with Crippen molar-refractivity contribution in [2.75, 3.05) is 0 Å². The number of imidazole rings is 2. The number of hydrogen-bond donors (Lipinski definition) is 3. The number of H-pyrrole nitrogens is 3. The molecule has 1 aromatic carbocycles. The summed E-state index contributed by atoms with van der Waals surface area (Å²) in [5.41, 5.74) is 4.58. The summed E-state index contributed by atoms with van der Waals surface area (Å²) < 4.78 is 15.4. The molecule has 5 rings (SSSR count). The number of nitrogens with zero attached hydrogens (tertiary/aromatic N) is 3. The molecule has 0 fully saturated rings. The van der Waals surface area contributed by atoms with Crippen molar-refractivity contribution in [3.63, 3.8) is 0 Å². The Hall–Kier alpha value is -3.94. The van der Waals surface area contributed by atoms with Gasteiger partial charge in [0, 0.05) is 35.1 Å². The Morgan fingerprint density at radius 3 is 2.68 bits per heavy atom. The number of nitrogens with one attached hydrogen (secondary N) is 3. The van der Waals surface area contributed by atoms with Crippen molar-refractivity contribution >= 4 is 11.0 Å². The number of aromatic nitrogens is 6. The van der Waals surface area contributed by atoms with E-state index in [0.717, 1.165) is 39.2 Å². The molecule has 138 valence electrons. The molecular weight excluding hydrogens is 359 g/mol. The van der Waals surface area contributed by atoms with Crippen molar-refractivity contribution in [2.45, 2.75) is 6.54 Å². The highest BCUT2D eigenvalue weighted by Gasteiger charge is 2.18. The van der Waals surface area contributed by atoms with E-state index in [-0.39, 0.29) is 11.5 Å². The van der Waals surface area contributed by atoms with Gasteiger partial charge in [-0.15, -0.1) is 0 Å². The number of pyridine rings is 1. The highest BCUT2D eigenvalue weighted by molar-refractivity contribution is 5.95. The van der Waals surface area contributed by atoms with Gasteiger partial charge in [0.1, 0.15) is 11.5 Å². The minimum absolute atomic E-state index is 0.257. The predicted molar refractivity (Wildman–Crippen MR) is 103 cm³/mol. The molecule has 0 bridgehead atoms. The van der Waals surface area contributed by atoms with Gasteiger partial charge in [-0.3, -0.25) is 0 Å². The van der Waals surface area contributed by atoms with Gasteiger partial charge < -0.3 is 19.5 Å². The maximum atomic E-state index is 13.4. The lowest BCUT2D eigenvalue weighted by atomic mass is 10.0. The monoisotopic (exact) mass is 374 g/mol. The molecule has 0 aliphatic rings. The van der Waals surface area contributed by atoms with Crippen LogP contribution in [0.15, 0.2) is 66.1 Å². The van der Waals surface area contributed by atoms with Crippen molar-refractivity contribution in [1.82, 2.24) is 29.5 Å². The van der Waals surface area contributed by atoms with E-state index < -0.39 is 0 Å². The highest BCUT2D eigenvalue weighted by atomic mass is 19.1. The van der Waals surface area contributed by atoms with E-state index in [1.54, 1.807) is 30.9 Å². The van der Waals surface area contributed by atoms with E-state index in [0.29, 0.717) is 6.54 Å². The zero-order chi connectivity index (χ0) is 19.1. The van der Waals surface area contributed by atoms with Crippen molar-refractivity contribution in [1.29, 1.82) is 0 Å². The van der Waals surface area contributed by atoms with Gasteiger partial charge >= 0.3 is 5.69 Å². The number of aromatic amines is 3. The summed E-state index contributed by atoms with van der Waals surface area (Å²) in [6, 6.07) is 10.1. The van der Waals surface area contributed by atoms with E-state index in [9.17, 15) is 9.18 Å². The lowest BCUT2D eigenvalue weighted by Crippen LogP contribution is -2.05. The zero-order valence-corrected chi connectivity index (χ0v) is 14.6. The largest absolute Gasteiger partial charge is 0.346 e. The van der Waals surface area contributed by atoms with Crippen molar-refractivity contribution in [2.24, 2.45) is 0 Å². The first-order chi connectivity index (χ1) is 13.7. The normalized spacial score (nSPS) is 11.3.